The summed E-state index contributed by atoms with van der Waals surface area (Å²) in [7, 11) is 0. The highest BCUT2D eigenvalue weighted by Gasteiger charge is 1.96. The standard InChI is InChI=1S/C10H18O2/c1-9(2)4-5-10(3)8-12-7-6-11/h9-11H,6-8H2,1-3H3. The second-order valence-electron chi connectivity index (χ2n) is 3.14. The van der Waals surface area contributed by atoms with Gasteiger partial charge in [-0.2, -0.15) is 0 Å². The third-order valence-electron chi connectivity index (χ3n) is 1.22. The van der Waals surface area contributed by atoms with Crippen molar-refractivity contribution < 1.29 is 9.84 Å². The van der Waals surface area contributed by atoms with Crippen LogP contribution in [-0.2, 0) is 4.74 Å². The van der Waals surface area contributed by atoms with Crippen LogP contribution in [0.2, 0.25) is 0 Å². The molecule has 1 unspecified atom stereocenters. The molecule has 0 aliphatic rings. The van der Waals surface area contributed by atoms with Gasteiger partial charge in [-0.3, -0.25) is 0 Å². The van der Waals surface area contributed by atoms with Gasteiger partial charge in [0.15, 0.2) is 0 Å². The Hall–Kier alpha value is -0.520. The number of hydrogen-bond donors (Lipinski definition) is 1. The maximum absolute atomic E-state index is 8.44. The van der Waals surface area contributed by atoms with Crippen LogP contribution >= 0.6 is 0 Å². The zero-order valence-corrected chi connectivity index (χ0v) is 8.13. The Kier molecular flexibility index (Phi) is 6.84. The quantitative estimate of drug-likeness (QED) is 0.509. The van der Waals surface area contributed by atoms with Crippen molar-refractivity contribution >= 4 is 0 Å². The Morgan fingerprint density at radius 3 is 2.42 bits per heavy atom. The Bertz CT molecular complexity index is 153. The third kappa shape index (κ3) is 7.59. The van der Waals surface area contributed by atoms with Crippen LogP contribution in [0.25, 0.3) is 0 Å². The molecule has 0 bridgehead atoms. The molecule has 70 valence electrons. The number of hydrogen-bond acceptors (Lipinski definition) is 2. The number of ether oxygens (including phenoxy) is 1. The Labute approximate surface area is 74.9 Å². The fourth-order valence-electron chi connectivity index (χ4n) is 0.675. The lowest BCUT2D eigenvalue weighted by atomic mass is 10.1. The smallest absolute Gasteiger partial charge is 0.0698 e. The van der Waals surface area contributed by atoms with Gasteiger partial charge >= 0.3 is 0 Å². The normalized spacial score (nSPS) is 12.4. The zero-order valence-electron chi connectivity index (χ0n) is 8.13. The average molecular weight is 170 g/mol. The van der Waals surface area contributed by atoms with Gasteiger partial charge < -0.3 is 9.84 Å². The van der Waals surface area contributed by atoms with Crippen molar-refractivity contribution in [2.45, 2.75) is 20.8 Å². The first-order chi connectivity index (χ1) is 5.66. The van der Waals surface area contributed by atoms with Gasteiger partial charge in [0, 0.05) is 11.8 Å². The summed E-state index contributed by atoms with van der Waals surface area (Å²) in [6.45, 7) is 7.26. The second-order valence-corrected chi connectivity index (χ2v) is 3.14. The molecule has 0 aliphatic carbocycles. The van der Waals surface area contributed by atoms with E-state index in [1.165, 1.54) is 0 Å². The summed E-state index contributed by atoms with van der Waals surface area (Å²) in [5.74, 6) is 6.85. The van der Waals surface area contributed by atoms with E-state index in [-0.39, 0.29) is 12.5 Å². The Morgan fingerprint density at radius 2 is 1.92 bits per heavy atom. The molecule has 0 aromatic heterocycles. The van der Waals surface area contributed by atoms with Gasteiger partial charge in [0.1, 0.15) is 0 Å². The van der Waals surface area contributed by atoms with Gasteiger partial charge in [0.2, 0.25) is 0 Å². The molecule has 0 spiro atoms. The summed E-state index contributed by atoms with van der Waals surface area (Å²) in [6, 6.07) is 0. The van der Waals surface area contributed by atoms with E-state index in [1.807, 2.05) is 6.92 Å². The van der Waals surface area contributed by atoms with Crippen LogP contribution in [0.4, 0.5) is 0 Å². The van der Waals surface area contributed by atoms with Crippen molar-refractivity contribution in [3.63, 3.8) is 0 Å². The molecule has 0 aromatic carbocycles. The summed E-state index contributed by atoms with van der Waals surface area (Å²) in [6.07, 6.45) is 0. The molecule has 0 rings (SSSR count). The minimum absolute atomic E-state index is 0.0876. The Morgan fingerprint density at radius 1 is 1.25 bits per heavy atom. The van der Waals surface area contributed by atoms with Crippen molar-refractivity contribution in [3.8, 4) is 11.8 Å². The van der Waals surface area contributed by atoms with E-state index in [9.17, 15) is 0 Å². The highest BCUT2D eigenvalue weighted by Crippen LogP contribution is 1.95. The molecule has 1 atom stereocenters. The monoisotopic (exact) mass is 170 g/mol. The number of aliphatic hydroxyl groups excluding tert-OH is 1. The first kappa shape index (κ1) is 11.5. The number of rotatable bonds is 4. The van der Waals surface area contributed by atoms with Gasteiger partial charge in [-0.1, -0.05) is 19.8 Å². The minimum atomic E-state index is 0.0876. The highest BCUT2D eigenvalue weighted by molar-refractivity contribution is 5.04. The molecule has 2 nitrogen and oxygen atoms in total. The average Bonchev–Trinajstić information content (AvgIpc) is 2.01. The molecule has 0 amide bonds. The topological polar surface area (TPSA) is 29.5 Å². The Balaban J connectivity index is 3.47. The lowest BCUT2D eigenvalue weighted by molar-refractivity contribution is 0.0816. The summed E-state index contributed by atoms with van der Waals surface area (Å²) in [5, 5.41) is 8.44. The number of aliphatic hydroxyl groups is 1. The molecular weight excluding hydrogens is 152 g/mol. The SMILES string of the molecule is CC(C)C#CC(C)COCCO. The molecule has 0 aromatic rings. The molecule has 2 heteroatoms. The van der Waals surface area contributed by atoms with Crippen LogP contribution in [0.3, 0.4) is 0 Å². The zero-order chi connectivity index (χ0) is 9.40. The van der Waals surface area contributed by atoms with E-state index in [4.69, 9.17) is 9.84 Å². The molecule has 0 saturated carbocycles. The van der Waals surface area contributed by atoms with Crippen molar-refractivity contribution in [1.29, 1.82) is 0 Å². The van der Waals surface area contributed by atoms with Crippen molar-refractivity contribution in [3.05, 3.63) is 0 Å². The largest absolute Gasteiger partial charge is 0.394 e. The molecular formula is C10H18O2. The first-order valence-electron chi connectivity index (χ1n) is 4.36. The van der Waals surface area contributed by atoms with Crippen molar-refractivity contribution in [2.24, 2.45) is 11.8 Å². The molecule has 0 saturated heterocycles. The van der Waals surface area contributed by atoms with Gasteiger partial charge in [-0.15, -0.1) is 5.92 Å². The summed E-state index contributed by atoms with van der Waals surface area (Å²) >= 11 is 0. The third-order valence-corrected chi connectivity index (χ3v) is 1.22. The van der Waals surface area contributed by atoms with Crippen LogP contribution in [-0.4, -0.2) is 24.9 Å². The minimum Gasteiger partial charge on any atom is -0.394 e. The predicted molar refractivity (Wildman–Crippen MR) is 49.7 cm³/mol. The van der Waals surface area contributed by atoms with Gasteiger partial charge in [0.25, 0.3) is 0 Å². The fourth-order valence-corrected chi connectivity index (χ4v) is 0.675. The first-order valence-corrected chi connectivity index (χ1v) is 4.36. The van der Waals surface area contributed by atoms with E-state index >= 15 is 0 Å². The van der Waals surface area contributed by atoms with E-state index in [2.05, 4.69) is 25.7 Å². The maximum atomic E-state index is 8.44. The van der Waals surface area contributed by atoms with E-state index in [0.29, 0.717) is 19.1 Å². The lowest BCUT2D eigenvalue weighted by Crippen LogP contribution is -2.07. The van der Waals surface area contributed by atoms with Crippen molar-refractivity contribution in [2.75, 3.05) is 19.8 Å². The van der Waals surface area contributed by atoms with E-state index in [1.54, 1.807) is 0 Å². The van der Waals surface area contributed by atoms with Gasteiger partial charge in [0.05, 0.1) is 19.8 Å². The van der Waals surface area contributed by atoms with E-state index < -0.39 is 0 Å². The van der Waals surface area contributed by atoms with Gasteiger partial charge in [-0.05, 0) is 6.92 Å². The lowest BCUT2D eigenvalue weighted by Gasteiger charge is -2.03. The molecule has 1 N–H and O–H groups in total. The van der Waals surface area contributed by atoms with Crippen LogP contribution in [0.1, 0.15) is 20.8 Å². The van der Waals surface area contributed by atoms with Crippen molar-refractivity contribution in [1.82, 2.24) is 0 Å². The molecule has 0 heterocycles. The summed E-state index contributed by atoms with van der Waals surface area (Å²) in [4.78, 5) is 0. The fraction of sp³-hybridized carbons (Fsp3) is 0.800. The molecule has 0 fully saturated rings. The van der Waals surface area contributed by atoms with Gasteiger partial charge in [-0.25, -0.2) is 0 Å². The summed E-state index contributed by atoms with van der Waals surface area (Å²) in [5.41, 5.74) is 0. The van der Waals surface area contributed by atoms with Crippen LogP contribution in [0, 0.1) is 23.7 Å². The molecule has 12 heavy (non-hydrogen) atoms. The van der Waals surface area contributed by atoms with Crippen LogP contribution < -0.4 is 0 Å². The molecule has 0 aliphatic heterocycles. The molecule has 0 radical (unpaired) electrons. The maximum Gasteiger partial charge on any atom is 0.0698 e. The van der Waals surface area contributed by atoms with Crippen LogP contribution in [0.5, 0.6) is 0 Å². The van der Waals surface area contributed by atoms with E-state index in [0.717, 1.165) is 0 Å². The predicted octanol–water partition coefficient (Wildman–Crippen LogP) is 1.29. The van der Waals surface area contributed by atoms with Crippen LogP contribution in [0.15, 0.2) is 0 Å². The highest BCUT2D eigenvalue weighted by atomic mass is 16.5. The second kappa shape index (κ2) is 7.15. The summed E-state index contributed by atoms with van der Waals surface area (Å²) < 4.78 is 5.12.